The standard InChI is InChI=1S/C22H28N4O5S/c1-5-11-30-25-17-13-26(21(28)31-22(2,3)4)12-16-18(17)32-19(23-16)24-20(27)29-14-15-9-7-6-8-10-15/h5-10,17,25H,1,11-14H2,2-4H3,(H,23,24,27). The lowest BCUT2D eigenvalue weighted by Gasteiger charge is -2.33. The van der Waals surface area contributed by atoms with Crippen LogP contribution in [0, 0.1) is 0 Å². The third-order valence-electron chi connectivity index (χ3n) is 4.29. The second kappa shape index (κ2) is 10.6. The topological polar surface area (TPSA) is 102 Å². The monoisotopic (exact) mass is 460 g/mol. The molecule has 1 aliphatic heterocycles. The molecule has 1 aliphatic rings. The zero-order valence-electron chi connectivity index (χ0n) is 18.4. The summed E-state index contributed by atoms with van der Waals surface area (Å²) >= 11 is 1.31. The Bertz CT molecular complexity index is 942. The maximum atomic E-state index is 12.6. The Labute approximate surface area is 191 Å². The van der Waals surface area contributed by atoms with Crippen LogP contribution >= 0.6 is 11.3 Å². The summed E-state index contributed by atoms with van der Waals surface area (Å²) in [7, 11) is 0. The van der Waals surface area contributed by atoms with E-state index < -0.39 is 17.8 Å². The van der Waals surface area contributed by atoms with E-state index in [0.717, 1.165) is 10.4 Å². The molecule has 32 heavy (non-hydrogen) atoms. The lowest BCUT2D eigenvalue weighted by atomic mass is 10.1. The van der Waals surface area contributed by atoms with Crippen molar-refractivity contribution < 1.29 is 23.9 Å². The van der Waals surface area contributed by atoms with E-state index in [2.05, 4.69) is 22.4 Å². The predicted molar refractivity (Wildman–Crippen MR) is 121 cm³/mol. The van der Waals surface area contributed by atoms with Gasteiger partial charge in [0.2, 0.25) is 0 Å². The molecule has 0 radical (unpaired) electrons. The fraction of sp³-hybridized carbons (Fsp3) is 0.409. The lowest BCUT2D eigenvalue weighted by Crippen LogP contribution is -2.44. The highest BCUT2D eigenvalue weighted by atomic mass is 32.1. The van der Waals surface area contributed by atoms with Gasteiger partial charge in [0.05, 0.1) is 29.8 Å². The number of amides is 2. The smallest absolute Gasteiger partial charge is 0.413 e. The van der Waals surface area contributed by atoms with Gasteiger partial charge < -0.3 is 14.4 Å². The molecule has 0 saturated carbocycles. The Morgan fingerprint density at radius 2 is 2.06 bits per heavy atom. The normalized spacial score (nSPS) is 15.6. The highest BCUT2D eigenvalue weighted by molar-refractivity contribution is 7.16. The van der Waals surface area contributed by atoms with Gasteiger partial charge in [-0.15, -0.1) is 6.58 Å². The first kappa shape index (κ1) is 23.7. The number of fused-ring (bicyclic) bond motifs is 1. The second-order valence-electron chi connectivity index (χ2n) is 8.15. The van der Waals surface area contributed by atoms with Crippen molar-refractivity contribution in [2.45, 2.75) is 45.6 Å². The number of ether oxygens (including phenoxy) is 2. The highest BCUT2D eigenvalue weighted by Crippen LogP contribution is 2.34. The van der Waals surface area contributed by atoms with Gasteiger partial charge in [0.15, 0.2) is 5.13 Å². The molecule has 2 N–H and O–H groups in total. The van der Waals surface area contributed by atoms with Crippen LogP contribution in [0.4, 0.5) is 14.7 Å². The number of nitrogens with zero attached hydrogens (tertiary/aromatic N) is 2. The van der Waals surface area contributed by atoms with E-state index in [1.54, 1.807) is 11.0 Å². The fourth-order valence-electron chi connectivity index (χ4n) is 2.96. The Morgan fingerprint density at radius 3 is 2.75 bits per heavy atom. The number of aromatic nitrogens is 1. The van der Waals surface area contributed by atoms with Crippen molar-refractivity contribution in [3.8, 4) is 0 Å². The van der Waals surface area contributed by atoms with Crippen LogP contribution in [0.3, 0.4) is 0 Å². The van der Waals surface area contributed by atoms with Gasteiger partial charge in [0.1, 0.15) is 12.2 Å². The van der Waals surface area contributed by atoms with Gasteiger partial charge in [-0.25, -0.2) is 14.6 Å². The van der Waals surface area contributed by atoms with Gasteiger partial charge in [0.25, 0.3) is 0 Å². The van der Waals surface area contributed by atoms with E-state index in [9.17, 15) is 9.59 Å². The van der Waals surface area contributed by atoms with Crippen molar-refractivity contribution in [1.29, 1.82) is 0 Å². The number of hydrogen-bond acceptors (Lipinski definition) is 8. The number of anilines is 1. The molecule has 1 aromatic carbocycles. The molecule has 3 rings (SSSR count). The van der Waals surface area contributed by atoms with Crippen LogP contribution in [-0.4, -0.2) is 40.8 Å². The molecular weight excluding hydrogens is 432 g/mol. The minimum absolute atomic E-state index is 0.157. The lowest BCUT2D eigenvalue weighted by molar-refractivity contribution is -0.00138. The van der Waals surface area contributed by atoms with Crippen LogP contribution in [0.2, 0.25) is 0 Å². The van der Waals surface area contributed by atoms with Crippen LogP contribution in [0.1, 0.15) is 42.9 Å². The SMILES string of the molecule is C=CCONC1CN(C(=O)OC(C)(C)C)Cc2nc(NC(=O)OCc3ccccc3)sc21. The van der Waals surface area contributed by atoms with E-state index in [1.165, 1.54) is 11.3 Å². The first-order valence-corrected chi connectivity index (χ1v) is 11.0. The molecule has 9 nitrogen and oxygen atoms in total. The van der Waals surface area contributed by atoms with Gasteiger partial charge >= 0.3 is 12.2 Å². The van der Waals surface area contributed by atoms with Crippen molar-refractivity contribution in [2.75, 3.05) is 18.5 Å². The number of carbonyl (C=O) groups excluding carboxylic acids is 2. The quantitative estimate of drug-likeness (QED) is 0.359. The van der Waals surface area contributed by atoms with E-state index >= 15 is 0 Å². The third-order valence-corrected chi connectivity index (χ3v) is 5.41. The molecule has 0 fully saturated rings. The summed E-state index contributed by atoms with van der Waals surface area (Å²) in [6.07, 6.45) is 0.574. The Kier molecular flexibility index (Phi) is 7.84. The number of hydroxylamine groups is 1. The highest BCUT2D eigenvalue weighted by Gasteiger charge is 2.34. The summed E-state index contributed by atoms with van der Waals surface area (Å²) in [6, 6.07) is 9.07. The average molecular weight is 461 g/mol. The molecule has 0 aliphatic carbocycles. The van der Waals surface area contributed by atoms with Gasteiger partial charge in [-0.05, 0) is 26.3 Å². The molecule has 2 amide bonds. The summed E-state index contributed by atoms with van der Waals surface area (Å²) in [5.41, 5.74) is 3.88. The van der Waals surface area contributed by atoms with Crippen molar-refractivity contribution in [3.63, 3.8) is 0 Å². The Balaban J connectivity index is 1.68. The maximum Gasteiger partial charge on any atom is 0.413 e. The van der Waals surface area contributed by atoms with Crippen LogP contribution in [0.25, 0.3) is 0 Å². The van der Waals surface area contributed by atoms with Gasteiger partial charge in [0, 0.05) is 6.54 Å². The van der Waals surface area contributed by atoms with Crippen LogP contribution in [0.15, 0.2) is 43.0 Å². The Morgan fingerprint density at radius 1 is 1.31 bits per heavy atom. The second-order valence-corrected chi connectivity index (χ2v) is 9.18. The predicted octanol–water partition coefficient (Wildman–Crippen LogP) is 4.39. The maximum absolute atomic E-state index is 12.6. The molecule has 0 saturated heterocycles. The molecule has 1 atom stereocenters. The zero-order valence-corrected chi connectivity index (χ0v) is 19.2. The molecular formula is C22H28N4O5S. The van der Waals surface area contributed by atoms with Gasteiger partial charge in [-0.3, -0.25) is 10.2 Å². The van der Waals surface area contributed by atoms with Crippen LogP contribution in [0.5, 0.6) is 0 Å². The largest absolute Gasteiger partial charge is 0.444 e. The van der Waals surface area contributed by atoms with Crippen LogP contribution in [-0.2, 0) is 27.5 Å². The number of benzene rings is 1. The summed E-state index contributed by atoms with van der Waals surface area (Å²) in [5, 5.41) is 3.05. The Hall–Kier alpha value is -2.95. The summed E-state index contributed by atoms with van der Waals surface area (Å²) in [4.78, 5) is 37.1. The number of rotatable bonds is 7. The zero-order chi connectivity index (χ0) is 23.1. The van der Waals surface area contributed by atoms with Crippen molar-refractivity contribution in [1.82, 2.24) is 15.4 Å². The molecule has 172 valence electrons. The average Bonchev–Trinajstić information content (AvgIpc) is 3.14. The number of thiazole rings is 1. The summed E-state index contributed by atoms with van der Waals surface area (Å²) in [5.74, 6) is 0. The molecule has 0 bridgehead atoms. The molecule has 0 spiro atoms. The van der Waals surface area contributed by atoms with E-state index in [-0.39, 0.29) is 19.2 Å². The summed E-state index contributed by atoms with van der Waals surface area (Å²) < 4.78 is 10.8. The third kappa shape index (κ3) is 6.78. The number of hydrogen-bond donors (Lipinski definition) is 2. The fourth-order valence-corrected chi connectivity index (χ4v) is 3.95. The number of nitrogens with one attached hydrogen (secondary N) is 2. The minimum Gasteiger partial charge on any atom is -0.444 e. The van der Waals surface area contributed by atoms with Crippen molar-refractivity contribution >= 4 is 28.7 Å². The van der Waals surface area contributed by atoms with Gasteiger partial charge in [-0.1, -0.05) is 47.7 Å². The molecule has 2 heterocycles. The first-order valence-electron chi connectivity index (χ1n) is 10.2. The summed E-state index contributed by atoms with van der Waals surface area (Å²) in [6.45, 7) is 10.1. The van der Waals surface area contributed by atoms with Gasteiger partial charge in [-0.2, -0.15) is 5.48 Å². The molecule has 10 heteroatoms. The first-order chi connectivity index (χ1) is 15.2. The number of carbonyl (C=O) groups is 2. The van der Waals surface area contributed by atoms with E-state index in [4.69, 9.17) is 14.3 Å². The van der Waals surface area contributed by atoms with E-state index in [1.807, 2.05) is 51.1 Å². The minimum atomic E-state index is -0.614. The van der Waals surface area contributed by atoms with Crippen LogP contribution < -0.4 is 10.8 Å². The molecule has 1 aromatic heterocycles. The van der Waals surface area contributed by atoms with E-state index in [0.29, 0.717) is 24.0 Å². The van der Waals surface area contributed by atoms with Crippen molar-refractivity contribution in [3.05, 3.63) is 59.1 Å². The van der Waals surface area contributed by atoms with Crippen molar-refractivity contribution in [2.24, 2.45) is 0 Å². The molecule has 2 aromatic rings. The molecule has 1 unspecified atom stereocenters.